The van der Waals surface area contributed by atoms with Gasteiger partial charge >= 0.3 is 0 Å². The normalized spacial score (nSPS) is 13.0. The summed E-state index contributed by atoms with van der Waals surface area (Å²) >= 11 is 0. The van der Waals surface area contributed by atoms with Crippen molar-refractivity contribution in [2.45, 2.75) is 54.9 Å². The fourth-order valence-electron chi connectivity index (χ4n) is 6.25. The Labute approximate surface area is 195 Å². The van der Waals surface area contributed by atoms with Crippen LogP contribution < -0.4 is 4.57 Å². The number of nitrogens with zero attached hydrogens (tertiary/aromatic N) is 2. The second kappa shape index (κ2) is 6.47. The molecule has 6 aromatic rings. The Morgan fingerprint density at radius 1 is 0.788 bits per heavy atom. The lowest BCUT2D eigenvalue weighted by Crippen LogP contribution is -2.29. The van der Waals surface area contributed by atoms with Crippen molar-refractivity contribution in [3.05, 3.63) is 70.4 Å². The topological polar surface area (TPSA) is 8.29 Å². The monoisotopic (exact) mass is 433 g/mol. The van der Waals surface area contributed by atoms with Gasteiger partial charge in [0.2, 0.25) is 5.52 Å². The lowest BCUT2D eigenvalue weighted by atomic mass is 9.84. The van der Waals surface area contributed by atoms with Crippen molar-refractivity contribution in [1.29, 1.82) is 0 Å². The Morgan fingerprint density at radius 3 is 2.27 bits per heavy atom. The first-order chi connectivity index (χ1) is 15.6. The highest BCUT2D eigenvalue weighted by Crippen LogP contribution is 2.45. The Bertz CT molecular complexity index is 1760. The molecule has 0 fully saturated rings. The van der Waals surface area contributed by atoms with Gasteiger partial charge in [-0.25, -0.2) is 4.57 Å². The minimum Gasteiger partial charge on any atom is -0.307 e. The van der Waals surface area contributed by atoms with Crippen LogP contribution in [0.4, 0.5) is 0 Å². The van der Waals surface area contributed by atoms with Crippen molar-refractivity contribution in [3.63, 3.8) is 0 Å². The van der Waals surface area contributed by atoms with Crippen LogP contribution in [0.5, 0.6) is 0 Å². The van der Waals surface area contributed by atoms with Crippen LogP contribution in [-0.4, -0.2) is 4.40 Å². The van der Waals surface area contributed by atoms with Crippen molar-refractivity contribution < 1.29 is 4.57 Å². The van der Waals surface area contributed by atoms with Crippen molar-refractivity contribution in [3.8, 4) is 0 Å². The Morgan fingerprint density at radius 2 is 1.55 bits per heavy atom. The molecule has 0 aliphatic rings. The zero-order valence-electron chi connectivity index (χ0n) is 21.1. The van der Waals surface area contributed by atoms with Gasteiger partial charge in [0.15, 0.2) is 6.20 Å². The molecule has 3 aromatic carbocycles. The van der Waals surface area contributed by atoms with E-state index >= 15 is 0 Å². The molecule has 2 heteroatoms. The van der Waals surface area contributed by atoms with E-state index in [-0.39, 0.29) is 5.41 Å². The summed E-state index contributed by atoms with van der Waals surface area (Å²) in [6, 6.07) is 14.0. The minimum absolute atomic E-state index is 0.214. The zero-order chi connectivity index (χ0) is 23.4. The van der Waals surface area contributed by atoms with E-state index in [4.69, 9.17) is 0 Å². The van der Waals surface area contributed by atoms with Crippen LogP contribution in [0.2, 0.25) is 0 Å². The number of aromatic nitrogens is 2. The maximum Gasteiger partial charge on any atom is 0.224 e. The molecule has 166 valence electrons. The number of aryl methyl sites for hydroxylation is 5. The van der Waals surface area contributed by atoms with E-state index in [0.717, 1.165) is 6.42 Å². The number of hydrogen-bond acceptors (Lipinski definition) is 0. The van der Waals surface area contributed by atoms with Crippen LogP contribution in [-0.2, 0) is 13.5 Å². The highest BCUT2D eigenvalue weighted by molar-refractivity contribution is 6.28. The summed E-state index contributed by atoms with van der Waals surface area (Å²) in [4.78, 5) is 0. The highest BCUT2D eigenvalue weighted by Gasteiger charge is 2.28. The molecule has 0 aliphatic heterocycles. The third-order valence-electron chi connectivity index (χ3n) is 7.64. The van der Waals surface area contributed by atoms with Crippen LogP contribution in [0.15, 0.2) is 42.6 Å². The van der Waals surface area contributed by atoms with Gasteiger partial charge in [-0.3, -0.25) is 0 Å². The summed E-state index contributed by atoms with van der Waals surface area (Å²) in [6.07, 6.45) is 3.30. The molecule has 6 rings (SSSR count). The van der Waals surface area contributed by atoms with Gasteiger partial charge in [-0.05, 0) is 84.9 Å². The van der Waals surface area contributed by atoms with E-state index in [2.05, 4.69) is 107 Å². The number of benzene rings is 3. The maximum atomic E-state index is 2.59. The van der Waals surface area contributed by atoms with Gasteiger partial charge in [0, 0.05) is 16.8 Å². The summed E-state index contributed by atoms with van der Waals surface area (Å²) in [6.45, 7) is 16.1. The number of rotatable bonds is 1. The SMILES string of the molecule is Cc1cc(C)c2c(c1C)c1c3c(cc[n+]1C)cc(CC(C)(C)C)c1c4c(C)cccc4n2c13. The lowest BCUT2D eigenvalue weighted by Gasteiger charge is -2.21. The van der Waals surface area contributed by atoms with Crippen molar-refractivity contribution in [1.82, 2.24) is 4.40 Å². The zero-order valence-corrected chi connectivity index (χ0v) is 21.1. The van der Waals surface area contributed by atoms with Crippen LogP contribution in [0.1, 0.15) is 48.6 Å². The molecular formula is C31H33N2+. The molecule has 3 heterocycles. The third kappa shape index (κ3) is 2.64. The van der Waals surface area contributed by atoms with E-state index in [1.807, 2.05) is 0 Å². The molecule has 0 saturated heterocycles. The molecule has 0 aliphatic carbocycles. The Hall–Kier alpha value is -3.13. The molecule has 0 atom stereocenters. The molecule has 0 amide bonds. The summed E-state index contributed by atoms with van der Waals surface area (Å²) in [7, 11) is 2.20. The van der Waals surface area contributed by atoms with E-state index in [1.54, 1.807) is 0 Å². The van der Waals surface area contributed by atoms with Gasteiger partial charge in [0.25, 0.3) is 0 Å². The summed E-state index contributed by atoms with van der Waals surface area (Å²) in [5.74, 6) is 0. The number of pyridine rings is 2. The fraction of sp³-hybridized carbons (Fsp3) is 0.323. The van der Waals surface area contributed by atoms with E-state index in [0.29, 0.717) is 0 Å². The molecule has 0 bridgehead atoms. The molecule has 3 aromatic heterocycles. The Kier molecular flexibility index (Phi) is 4.01. The molecular weight excluding hydrogens is 400 g/mol. The van der Waals surface area contributed by atoms with Gasteiger partial charge in [0.1, 0.15) is 7.05 Å². The molecule has 0 spiro atoms. The first-order valence-electron chi connectivity index (χ1n) is 12.1. The molecule has 0 N–H and O–H groups in total. The fourth-order valence-corrected chi connectivity index (χ4v) is 6.25. The average molecular weight is 434 g/mol. The number of fused-ring (bicyclic) bond motifs is 6. The van der Waals surface area contributed by atoms with Crippen LogP contribution >= 0.6 is 0 Å². The first kappa shape index (κ1) is 20.5. The lowest BCUT2D eigenvalue weighted by molar-refractivity contribution is -0.643. The smallest absolute Gasteiger partial charge is 0.224 e. The van der Waals surface area contributed by atoms with E-state index in [9.17, 15) is 0 Å². The van der Waals surface area contributed by atoms with Gasteiger partial charge in [0.05, 0.1) is 27.3 Å². The molecule has 0 radical (unpaired) electrons. The Balaban J connectivity index is 2.08. The first-order valence-corrected chi connectivity index (χ1v) is 12.1. The van der Waals surface area contributed by atoms with Gasteiger partial charge in [-0.15, -0.1) is 0 Å². The third-order valence-corrected chi connectivity index (χ3v) is 7.64. The summed E-state index contributed by atoms with van der Waals surface area (Å²) < 4.78 is 4.93. The van der Waals surface area contributed by atoms with Crippen LogP contribution in [0.25, 0.3) is 49.0 Å². The van der Waals surface area contributed by atoms with E-state index < -0.39 is 0 Å². The molecule has 2 nitrogen and oxygen atoms in total. The molecule has 33 heavy (non-hydrogen) atoms. The summed E-state index contributed by atoms with van der Waals surface area (Å²) in [5, 5.41) is 6.99. The highest BCUT2D eigenvalue weighted by atomic mass is 15.0. The van der Waals surface area contributed by atoms with Crippen LogP contribution in [0, 0.1) is 33.1 Å². The molecule has 0 unspecified atom stereocenters. The standard InChI is InChI=1S/C31H33N2/c1-17-10-9-11-23-24(17)26-22(16-31(5,6)7)15-21-12-13-32(8)29-25-20(4)18(2)14-19(3)28(25)33(23)30(26)27(21)29/h9-15H,16H2,1-8H3/q+1. The predicted molar refractivity (Wildman–Crippen MR) is 142 cm³/mol. The van der Waals surface area contributed by atoms with E-state index in [1.165, 1.54) is 76.8 Å². The van der Waals surface area contributed by atoms with Gasteiger partial charge in [-0.1, -0.05) is 39.0 Å². The van der Waals surface area contributed by atoms with Gasteiger partial charge in [-0.2, -0.15) is 0 Å². The van der Waals surface area contributed by atoms with Gasteiger partial charge < -0.3 is 4.40 Å². The second-order valence-electron chi connectivity index (χ2n) is 11.4. The van der Waals surface area contributed by atoms with Crippen molar-refractivity contribution >= 4 is 49.0 Å². The summed E-state index contributed by atoms with van der Waals surface area (Å²) in [5.41, 5.74) is 12.6. The number of hydrogen-bond donors (Lipinski definition) is 0. The van der Waals surface area contributed by atoms with Crippen molar-refractivity contribution in [2.75, 3.05) is 0 Å². The second-order valence-corrected chi connectivity index (χ2v) is 11.4. The molecule has 0 saturated carbocycles. The van der Waals surface area contributed by atoms with Crippen LogP contribution in [0.3, 0.4) is 0 Å². The largest absolute Gasteiger partial charge is 0.307 e. The average Bonchev–Trinajstić information content (AvgIpc) is 3.08. The quantitative estimate of drug-likeness (QED) is 0.143. The minimum atomic E-state index is 0.214. The predicted octanol–water partition coefficient (Wildman–Crippen LogP) is 7.64. The van der Waals surface area contributed by atoms with Crippen molar-refractivity contribution in [2.24, 2.45) is 12.5 Å². The maximum absolute atomic E-state index is 2.59.